The van der Waals surface area contributed by atoms with Gasteiger partial charge in [0.15, 0.2) is 0 Å². The van der Waals surface area contributed by atoms with Crippen LogP contribution in [0.15, 0.2) is 0 Å². The predicted molar refractivity (Wildman–Crippen MR) is 61.3 cm³/mol. The lowest BCUT2D eigenvalue weighted by Crippen LogP contribution is -2.54. The van der Waals surface area contributed by atoms with Crippen molar-refractivity contribution in [1.82, 2.24) is 0 Å². The zero-order valence-electron chi connectivity index (χ0n) is 10.8. The summed E-state index contributed by atoms with van der Waals surface area (Å²) in [6.45, 7) is 1.43. The molecule has 0 heterocycles. The molecule has 0 aromatic carbocycles. The van der Waals surface area contributed by atoms with Crippen LogP contribution in [0.1, 0.15) is 13.3 Å². The average Bonchev–Trinajstić information content (AvgIpc) is 1.97. The van der Waals surface area contributed by atoms with E-state index in [1.807, 2.05) is 21.1 Å². The van der Waals surface area contributed by atoms with Crippen LogP contribution in [-0.2, 0) is 19.1 Å². The summed E-state index contributed by atoms with van der Waals surface area (Å²) in [4.78, 5) is 21.6. The Morgan fingerprint density at radius 1 is 1.29 bits per heavy atom. The van der Waals surface area contributed by atoms with Gasteiger partial charge < -0.3 is 23.9 Å². The second kappa shape index (κ2) is 6.78. The highest BCUT2D eigenvalue weighted by Crippen LogP contribution is 2.20. The standard InChI is InChI=1S/C10H19NO5.ClH/c1-8(12)16-10(15-5,6-9(13)14)7-11(2,3)4;/h6-7H2,1-5H3;1H. The summed E-state index contributed by atoms with van der Waals surface area (Å²) in [6, 6.07) is 0. The van der Waals surface area contributed by atoms with E-state index in [0.717, 1.165) is 0 Å². The van der Waals surface area contributed by atoms with Crippen molar-refractivity contribution in [3.05, 3.63) is 0 Å². The highest BCUT2D eigenvalue weighted by Gasteiger charge is 2.39. The van der Waals surface area contributed by atoms with Crippen molar-refractivity contribution < 1.29 is 28.7 Å². The Bertz CT molecular complexity index is 258. The van der Waals surface area contributed by atoms with Gasteiger partial charge in [0.1, 0.15) is 6.54 Å². The van der Waals surface area contributed by atoms with Crippen LogP contribution in [-0.4, -0.2) is 57.0 Å². The van der Waals surface area contributed by atoms with Gasteiger partial charge in [0, 0.05) is 20.0 Å². The molecule has 17 heavy (non-hydrogen) atoms. The summed E-state index contributed by atoms with van der Waals surface area (Å²) in [5, 5.41) is 10.7. The maximum Gasteiger partial charge on any atom is 0.305 e. The normalized spacial score (nSPS) is 14.4. The first kappa shape index (κ1) is 18.5. The molecule has 0 aliphatic carbocycles. The minimum atomic E-state index is -1.47. The molecule has 0 saturated carbocycles. The number of methoxy groups -OCH3 is 1. The van der Waals surface area contributed by atoms with E-state index in [2.05, 4.69) is 0 Å². The Kier molecular flexibility index (Phi) is 7.38. The smallest absolute Gasteiger partial charge is 0.305 e. The number of aliphatic carboxylic acids is 1. The van der Waals surface area contributed by atoms with Crippen LogP contribution in [0.4, 0.5) is 0 Å². The van der Waals surface area contributed by atoms with Crippen molar-refractivity contribution in [3.8, 4) is 0 Å². The Morgan fingerprint density at radius 2 is 1.76 bits per heavy atom. The zero-order chi connectivity index (χ0) is 13.0. The fourth-order valence-electron chi connectivity index (χ4n) is 1.51. The van der Waals surface area contributed by atoms with Crippen molar-refractivity contribution in [3.63, 3.8) is 0 Å². The van der Waals surface area contributed by atoms with Gasteiger partial charge >= 0.3 is 5.97 Å². The van der Waals surface area contributed by atoms with Crippen molar-refractivity contribution in [2.75, 3.05) is 34.8 Å². The van der Waals surface area contributed by atoms with Crippen LogP contribution < -0.4 is 5.11 Å². The van der Waals surface area contributed by atoms with Gasteiger partial charge in [-0.1, -0.05) is 0 Å². The van der Waals surface area contributed by atoms with Crippen LogP contribution in [0.3, 0.4) is 0 Å². The molecule has 0 aromatic heterocycles. The number of likely N-dealkylation sites (N-methyl/N-ethyl adjacent to an activating group) is 1. The number of carboxylic acids is 1. The van der Waals surface area contributed by atoms with Crippen LogP contribution >= 0.6 is 12.4 Å². The van der Waals surface area contributed by atoms with Crippen LogP contribution in [0.2, 0.25) is 0 Å². The molecule has 0 spiro atoms. The number of nitrogens with zero attached hydrogens (tertiary/aromatic N) is 1. The Hall–Kier alpha value is -0.850. The van der Waals surface area contributed by atoms with Crippen LogP contribution in [0, 0.1) is 0 Å². The second-order valence-electron chi connectivity index (χ2n) is 4.71. The number of carbonyl (C=O) groups excluding carboxylic acids is 2. The summed E-state index contributed by atoms with van der Waals surface area (Å²) in [6.07, 6.45) is -0.488. The Morgan fingerprint density at radius 3 is 2.00 bits per heavy atom. The molecule has 0 aromatic rings. The van der Waals surface area contributed by atoms with Gasteiger partial charge in [0.2, 0.25) is 0 Å². The minimum Gasteiger partial charge on any atom is -0.550 e. The number of carboxylic acid groups (broad SMARTS) is 1. The van der Waals surface area contributed by atoms with Crippen molar-refractivity contribution in [2.45, 2.75) is 19.1 Å². The SMILES string of the molecule is COC(CC(=O)[O-])(C[N+](C)(C)C)OC(C)=O.Cl. The summed E-state index contributed by atoms with van der Waals surface area (Å²) < 4.78 is 10.4. The molecule has 0 radical (unpaired) electrons. The highest BCUT2D eigenvalue weighted by molar-refractivity contribution is 5.85. The van der Waals surface area contributed by atoms with Gasteiger partial charge in [-0.2, -0.15) is 0 Å². The number of quaternary nitrogens is 1. The molecule has 6 nitrogen and oxygen atoms in total. The fourth-order valence-corrected chi connectivity index (χ4v) is 1.51. The third kappa shape index (κ3) is 7.95. The number of ether oxygens (including phenoxy) is 2. The molecule has 0 amide bonds. The lowest BCUT2D eigenvalue weighted by molar-refractivity contribution is -0.880. The monoisotopic (exact) mass is 269 g/mol. The van der Waals surface area contributed by atoms with Crippen LogP contribution in [0.25, 0.3) is 0 Å². The molecule has 0 fully saturated rings. The largest absolute Gasteiger partial charge is 0.550 e. The molecule has 0 N–H and O–H groups in total. The second-order valence-corrected chi connectivity index (χ2v) is 4.71. The number of hydrogen-bond acceptors (Lipinski definition) is 5. The van der Waals surface area contributed by atoms with Gasteiger partial charge in [-0.25, -0.2) is 0 Å². The zero-order valence-corrected chi connectivity index (χ0v) is 11.6. The van der Waals surface area contributed by atoms with Crippen molar-refractivity contribution >= 4 is 24.3 Å². The maximum atomic E-state index is 11.0. The molecular weight excluding hydrogens is 250 g/mol. The fraction of sp³-hybridized carbons (Fsp3) is 0.800. The third-order valence-electron chi connectivity index (χ3n) is 1.83. The summed E-state index contributed by atoms with van der Waals surface area (Å²) in [5.41, 5.74) is 0. The lowest BCUT2D eigenvalue weighted by Gasteiger charge is -2.37. The first-order chi connectivity index (χ1) is 7.10. The van der Waals surface area contributed by atoms with Crippen LogP contribution in [0.5, 0.6) is 0 Å². The van der Waals surface area contributed by atoms with Gasteiger partial charge in [-0.3, -0.25) is 4.79 Å². The molecule has 0 bridgehead atoms. The molecule has 0 rings (SSSR count). The quantitative estimate of drug-likeness (QED) is 0.357. The first-order valence-corrected chi connectivity index (χ1v) is 4.85. The summed E-state index contributed by atoms with van der Waals surface area (Å²) in [5.74, 6) is -3.38. The minimum absolute atomic E-state index is 0. The maximum absolute atomic E-state index is 11.0. The van der Waals surface area contributed by atoms with Gasteiger partial charge in [0.25, 0.3) is 5.79 Å². The van der Waals surface area contributed by atoms with E-state index in [1.165, 1.54) is 14.0 Å². The number of halogens is 1. The summed E-state index contributed by atoms with van der Waals surface area (Å²) >= 11 is 0. The molecule has 102 valence electrons. The Balaban J connectivity index is 0. The molecule has 7 heteroatoms. The number of rotatable bonds is 6. The molecule has 1 atom stereocenters. The number of carbonyl (C=O) groups is 2. The molecule has 0 aliphatic rings. The predicted octanol–water partition coefficient (Wildman–Crippen LogP) is -0.840. The van der Waals surface area contributed by atoms with E-state index in [-0.39, 0.29) is 19.0 Å². The van der Waals surface area contributed by atoms with E-state index in [0.29, 0.717) is 4.48 Å². The van der Waals surface area contributed by atoms with Crippen molar-refractivity contribution in [1.29, 1.82) is 0 Å². The number of esters is 1. The van der Waals surface area contributed by atoms with Crippen molar-refractivity contribution in [2.24, 2.45) is 0 Å². The molecule has 0 saturated heterocycles. The highest BCUT2D eigenvalue weighted by atomic mass is 35.5. The van der Waals surface area contributed by atoms with Gasteiger partial charge in [0.05, 0.1) is 27.6 Å². The molecule has 1 unspecified atom stereocenters. The van der Waals surface area contributed by atoms with Gasteiger partial charge in [-0.05, 0) is 0 Å². The Labute approximate surface area is 107 Å². The van der Waals surface area contributed by atoms with E-state index >= 15 is 0 Å². The topological polar surface area (TPSA) is 75.7 Å². The van der Waals surface area contributed by atoms with Gasteiger partial charge in [-0.15, -0.1) is 12.4 Å². The molecular formula is C10H20ClNO5. The average molecular weight is 270 g/mol. The third-order valence-corrected chi connectivity index (χ3v) is 1.83. The van der Waals surface area contributed by atoms with E-state index in [4.69, 9.17) is 9.47 Å². The summed E-state index contributed by atoms with van der Waals surface area (Å²) in [7, 11) is 6.83. The first-order valence-electron chi connectivity index (χ1n) is 4.85. The van der Waals surface area contributed by atoms with E-state index in [1.54, 1.807) is 0 Å². The number of hydrogen-bond donors (Lipinski definition) is 0. The lowest BCUT2D eigenvalue weighted by atomic mass is 10.1. The van der Waals surface area contributed by atoms with E-state index in [9.17, 15) is 14.7 Å². The van der Waals surface area contributed by atoms with E-state index < -0.39 is 24.1 Å². The molecule has 0 aliphatic heterocycles.